The molecule has 3 rings (SSSR count). The molecule has 23 heavy (non-hydrogen) atoms. The third-order valence-corrected chi connectivity index (χ3v) is 4.79. The van der Waals surface area contributed by atoms with E-state index in [0.29, 0.717) is 12.3 Å². The van der Waals surface area contributed by atoms with Crippen LogP contribution in [0, 0.1) is 17.8 Å². The van der Waals surface area contributed by atoms with Crippen molar-refractivity contribution in [3.8, 4) is 0 Å². The summed E-state index contributed by atoms with van der Waals surface area (Å²) in [5, 5.41) is 14.0. The van der Waals surface area contributed by atoms with E-state index in [2.05, 4.69) is 31.3 Å². The Bertz CT molecular complexity index is 683. The van der Waals surface area contributed by atoms with E-state index < -0.39 is 5.97 Å². The van der Waals surface area contributed by atoms with Crippen molar-refractivity contribution in [2.75, 3.05) is 13.1 Å². The van der Waals surface area contributed by atoms with E-state index in [1.807, 2.05) is 12.3 Å². The van der Waals surface area contributed by atoms with Gasteiger partial charge in [0.2, 0.25) is 0 Å². The Morgan fingerprint density at radius 1 is 1.39 bits per heavy atom. The van der Waals surface area contributed by atoms with E-state index in [0.717, 1.165) is 42.5 Å². The molecule has 1 aliphatic rings. The Morgan fingerprint density at radius 2 is 2.22 bits per heavy atom. The van der Waals surface area contributed by atoms with Crippen LogP contribution in [0.2, 0.25) is 0 Å². The van der Waals surface area contributed by atoms with E-state index >= 15 is 0 Å². The molecule has 1 aliphatic heterocycles. The monoisotopic (exact) mass is 315 g/mol. The molecule has 0 aliphatic carbocycles. The van der Waals surface area contributed by atoms with E-state index in [9.17, 15) is 9.90 Å². The quantitative estimate of drug-likeness (QED) is 0.856. The lowest BCUT2D eigenvalue weighted by Gasteiger charge is -2.18. The Balaban J connectivity index is 1.81. The molecule has 2 aromatic rings. The highest BCUT2D eigenvalue weighted by Crippen LogP contribution is 2.28. The number of furan rings is 1. The molecule has 0 unspecified atom stereocenters. The third kappa shape index (κ3) is 3.58. The molecule has 0 amide bonds. The zero-order valence-electron chi connectivity index (χ0n) is 13.8. The van der Waals surface area contributed by atoms with E-state index in [-0.39, 0.29) is 11.8 Å². The molecule has 0 saturated carbocycles. The largest absolute Gasteiger partial charge is 0.481 e. The van der Waals surface area contributed by atoms with Crippen LogP contribution in [0.25, 0.3) is 11.0 Å². The van der Waals surface area contributed by atoms with Gasteiger partial charge in [-0.05, 0) is 61.4 Å². The highest BCUT2D eigenvalue weighted by atomic mass is 16.4. The van der Waals surface area contributed by atoms with Crippen LogP contribution in [0.1, 0.15) is 31.4 Å². The predicted octanol–water partition coefficient (Wildman–Crippen LogP) is 3.48. The van der Waals surface area contributed by atoms with Gasteiger partial charge >= 0.3 is 5.97 Å². The predicted molar refractivity (Wildman–Crippen MR) is 90.6 cm³/mol. The molecule has 1 aromatic heterocycles. The number of hydrogen-bond donors (Lipinski definition) is 2. The minimum atomic E-state index is -0.696. The first-order valence-corrected chi connectivity index (χ1v) is 8.47. The first kappa shape index (κ1) is 16.1. The summed E-state index contributed by atoms with van der Waals surface area (Å²) in [6, 6.07) is 6.15. The maximum absolute atomic E-state index is 11.6. The van der Waals surface area contributed by atoms with Gasteiger partial charge in [0.05, 0.1) is 12.2 Å². The van der Waals surface area contributed by atoms with Gasteiger partial charge in [0.15, 0.2) is 0 Å². The van der Waals surface area contributed by atoms with Gasteiger partial charge in [-0.15, -0.1) is 0 Å². The van der Waals surface area contributed by atoms with Gasteiger partial charge < -0.3 is 14.8 Å². The van der Waals surface area contributed by atoms with Crippen LogP contribution < -0.4 is 5.32 Å². The highest BCUT2D eigenvalue weighted by molar-refractivity contribution is 5.82. The maximum Gasteiger partial charge on any atom is 0.307 e. The summed E-state index contributed by atoms with van der Waals surface area (Å²) in [6.07, 6.45) is 4.35. The average Bonchev–Trinajstić information content (AvgIpc) is 3.14. The van der Waals surface area contributed by atoms with Gasteiger partial charge in [0.1, 0.15) is 5.58 Å². The number of benzene rings is 1. The van der Waals surface area contributed by atoms with Crippen LogP contribution in [-0.2, 0) is 17.6 Å². The fraction of sp³-hybridized carbons (Fsp3) is 0.526. The minimum Gasteiger partial charge on any atom is -0.481 e. The van der Waals surface area contributed by atoms with E-state index in [1.54, 1.807) is 0 Å². The second kappa shape index (κ2) is 6.75. The van der Waals surface area contributed by atoms with Crippen molar-refractivity contribution >= 4 is 16.9 Å². The standard InChI is InChI=1S/C19H25NO3/c1-12(2)7-15-11-23-18-9-13(3-4-16(15)18)8-17(19(21)22)14-5-6-20-10-14/h3-4,9,11-12,14,17,20H,5-8,10H2,1-2H3,(H,21,22)/t14-,17-/m0/s1. The average molecular weight is 315 g/mol. The Labute approximate surface area is 136 Å². The second-order valence-corrected chi connectivity index (χ2v) is 7.09. The van der Waals surface area contributed by atoms with Crippen LogP contribution in [0.4, 0.5) is 0 Å². The Hall–Kier alpha value is -1.81. The fourth-order valence-corrected chi connectivity index (χ4v) is 3.58. The van der Waals surface area contributed by atoms with Crippen molar-refractivity contribution < 1.29 is 14.3 Å². The van der Waals surface area contributed by atoms with Crippen molar-refractivity contribution in [3.63, 3.8) is 0 Å². The Kier molecular flexibility index (Phi) is 4.71. The van der Waals surface area contributed by atoms with Crippen molar-refractivity contribution in [2.24, 2.45) is 17.8 Å². The number of fused-ring (bicyclic) bond motifs is 1. The van der Waals surface area contributed by atoms with Crippen molar-refractivity contribution in [1.82, 2.24) is 5.32 Å². The number of hydrogen-bond acceptors (Lipinski definition) is 3. The summed E-state index contributed by atoms with van der Waals surface area (Å²) in [7, 11) is 0. The van der Waals surface area contributed by atoms with E-state index in [4.69, 9.17) is 4.42 Å². The van der Waals surface area contributed by atoms with Gasteiger partial charge in [-0.25, -0.2) is 0 Å². The van der Waals surface area contributed by atoms with Crippen molar-refractivity contribution in [2.45, 2.75) is 33.1 Å². The van der Waals surface area contributed by atoms with Crippen molar-refractivity contribution in [3.05, 3.63) is 35.6 Å². The zero-order valence-corrected chi connectivity index (χ0v) is 13.8. The summed E-state index contributed by atoms with van der Waals surface area (Å²) in [6.45, 7) is 6.11. The second-order valence-electron chi connectivity index (χ2n) is 7.09. The first-order chi connectivity index (χ1) is 11.0. The van der Waals surface area contributed by atoms with Crippen LogP contribution >= 0.6 is 0 Å². The molecular formula is C19H25NO3. The van der Waals surface area contributed by atoms with Gasteiger partial charge in [-0.3, -0.25) is 4.79 Å². The van der Waals surface area contributed by atoms with Crippen LogP contribution in [0.15, 0.2) is 28.9 Å². The number of carboxylic acid groups (broad SMARTS) is 1. The summed E-state index contributed by atoms with van der Waals surface area (Å²) < 4.78 is 5.70. The molecule has 1 fully saturated rings. The minimum absolute atomic E-state index is 0.219. The molecule has 124 valence electrons. The van der Waals surface area contributed by atoms with Gasteiger partial charge in [-0.2, -0.15) is 0 Å². The lowest BCUT2D eigenvalue weighted by atomic mass is 9.86. The maximum atomic E-state index is 11.6. The molecule has 4 nitrogen and oxygen atoms in total. The Morgan fingerprint density at radius 3 is 2.87 bits per heavy atom. The number of rotatable bonds is 6. The molecule has 0 spiro atoms. The molecule has 0 radical (unpaired) electrons. The number of aliphatic carboxylic acids is 1. The molecular weight excluding hydrogens is 290 g/mol. The van der Waals surface area contributed by atoms with E-state index in [1.165, 1.54) is 5.56 Å². The number of nitrogens with one attached hydrogen (secondary N) is 1. The summed E-state index contributed by atoms with van der Waals surface area (Å²) in [5.41, 5.74) is 3.14. The lowest BCUT2D eigenvalue weighted by Crippen LogP contribution is -2.27. The normalized spacial score (nSPS) is 19.5. The molecule has 1 aromatic carbocycles. The van der Waals surface area contributed by atoms with Crippen LogP contribution in [-0.4, -0.2) is 24.2 Å². The summed E-state index contributed by atoms with van der Waals surface area (Å²) >= 11 is 0. The number of carboxylic acids is 1. The highest BCUT2D eigenvalue weighted by Gasteiger charge is 2.30. The molecule has 1 saturated heterocycles. The van der Waals surface area contributed by atoms with Gasteiger partial charge in [-0.1, -0.05) is 26.0 Å². The molecule has 2 heterocycles. The van der Waals surface area contributed by atoms with Crippen LogP contribution in [0.3, 0.4) is 0 Å². The first-order valence-electron chi connectivity index (χ1n) is 8.47. The van der Waals surface area contributed by atoms with Crippen LogP contribution in [0.5, 0.6) is 0 Å². The van der Waals surface area contributed by atoms with Gasteiger partial charge in [0, 0.05) is 5.39 Å². The SMILES string of the molecule is CC(C)Cc1coc2cc(C[C@H](C(=O)O)[C@H]3CCNC3)ccc12. The summed E-state index contributed by atoms with van der Waals surface area (Å²) in [4.78, 5) is 11.6. The molecule has 2 atom stereocenters. The molecule has 4 heteroatoms. The lowest BCUT2D eigenvalue weighted by molar-refractivity contribution is -0.143. The zero-order chi connectivity index (χ0) is 16.4. The van der Waals surface area contributed by atoms with Gasteiger partial charge in [0.25, 0.3) is 0 Å². The third-order valence-electron chi connectivity index (χ3n) is 4.79. The smallest absolute Gasteiger partial charge is 0.307 e. The topological polar surface area (TPSA) is 62.5 Å². The molecule has 2 N–H and O–H groups in total. The fourth-order valence-electron chi connectivity index (χ4n) is 3.58. The number of carbonyl (C=O) groups is 1. The van der Waals surface area contributed by atoms with Crippen molar-refractivity contribution in [1.29, 1.82) is 0 Å². The summed E-state index contributed by atoms with van der Waals surface area (Å²) in [5.74, 6) is -0.218. The molecule has 0 bridgehead atoms.